The van der Waals surface area contributed by atoms with Crippen LogP contribution >= 0.6 is 12.2 Å². The average Bonchev–Trinajstić information content (AvgIpc) is 2.36. The zero-order valence-electron chi connectivity index (χ0n) is 11.2. The van der Waals surface area contributed by atoms with Crippen LogP contribution in [0.25, 0.3) is 0 Å². The molecule has 0 aliphatic carbocycles. The van der Waals surface area contributed by atoms with Gasteiger partial charge in [0.15, 0.2) is 0 Å². The number of rotatable bonds is 7. The van der Waals surface area contributed by atoms with E-state index in [2.05, 4.69) is 11.6 Å². The van der Waals surface area contributed by atoms with Crippen LogP contribution in [0.5, 0.6) is 0 Å². The Balaban J connectivity index is 2.88. The predicted molar refractivity (Wildman–Crippen MR) is 81.6 cm³/mol. The van der Waals surface area contributed by atoms with Gasteiger partial charge in [0.05, 0.1) is 4.90 Å². The third-order valence-electron chi connectivity index (χ3n) is 2.78. The van der Waals surface area contributed by atoms with Crippen LogP contribution in [0.15, 0.2) is 29.2 Å². The van der Waals surface area contributed by atoms with Gasteiger partial charge in [0.25, 0.3) is 0 Å². The lowest BCUT2D eigenvalue weighted by molar-refractivity contribution is 0.534. The first kappa shape index (κ1) is 16.1. The highest BCUT2D eigenvalue weighted by Gasteiger charge is 2.17. The summed E-state index contributed by atoms with van der Waals surface area (Å²) in [6, 6.07) is 6.29. The normalized spacial score (nSPS) is 13.2. The molecular weight excluding hydrogens is 280 g/mol. The van der Waals surface area contributed by atoms with Gasteiger partial charge in [-0.3, -0.25) is 0 Å². The van der Waals surface area contributed by atoms with Gasteiger partial charge in [-0.2, -0.15) is 0 Å². The largest absolute Gasteiger partial charge is 0.389 e. The maximum absolute atomic E-state index is 12.2. The van der Waals surface area contributed by atoms with E-state index in [0.29, 0.717) is 5.56 Å². The van der Waals surface area contributed by atoms with Crippen molar-refractivity contribution in [1.29, 1.82) is 0 Å². The minimum atomic E-state index is -3.51. The first-order chi connectivity index (χ1) is 8.86. The lowest BCUT2D eigenvalue weighted by Gasteiger charge is -2.14. The summed E-state index contributed by atoms with van der Waals surface area (Å²) < 4.78 is 27.0. The monoisotopic (exact) mass is 300 g/mol. The van der Waals surface area contributed by atoms with E-state index in [1.165, 1.54) is 12.1 Å². The molecule has 6 heteroatoms. The van der Waals surface area contributed by atoms with Crippen molar-refractivity contribution in [2.45, 2.75) is 44.0 Å². The van der Waals surface area contributed by atoms with Gasteiger partial charge in [0.1, 0.15) is 4.99 Å². The van der Waals surface area contributed by atoms with Crippen molar-refractivity contribution in [3.05, 3.63) is 29.8 Å². The number of nitrogens with one attached hydrogen (secondary N) is 1. The molecule has 1 unspecified atom stereocenters. The van der Waals surface area contributed by atoms with Crippen molar-refractivity contribution in [2.24, 2.45) is 5.73 Å². The summed E-state index contributed by atoms with van der Waals surface area (Å²) in [7, 11) is -3.51. The molecule has 1 rings (SSSR count). The van der Waals surface area contributed by atoms with Crippen LogP contribution in [-0.4, -0.2) is 19.4 Å². The molecule has 0 aromatic heterocycles. The van der Waals surface area contributed by atoms with E-state index in [4.69, 9.17) is 18.0 Å². The molecular formula is C13H20N2O2S2. The number of unbranched alkanes of at least 4 members (excludes halogenated alkanes) is 1. The van der Waals surface area contributed by atoms with E-state index in [-0.39, 0.29) is 15.9 Å². The lowest BCUT2D eigenvalue weighted by atomic mass is 10.2. The van der Waals surface area contributed by atoms with E-state index < -0.39 is 10.0 Å². The van der Waals surface area contributed by atoms with Crippen LogP contribution in [0.4, 0.5) is 0 Å². The van der Waals surface area contributed by atoms with Crippen molar-refractivity contribution >= 4 is 27.2 Å². The molecule has 0 bridgehead atoms. The van der Waals surface area contributed by atoms with Crippen molar-refractivity contribution in [2.75, 3.05) is 0 Å². The molecule has 0 radical (unpaired) electrons. The smallest absolute Gasteiger partial charge is 0.240 e. The highest BCUT2D eigenvalue weighted by molar-refractivity contribution is 7.89. The first-order valence-electron chi connectivity index (χ1n) is 6.29. The minimum Gasteiger partial charge on any atom is -0.389 e. The van der Waals surface area contributed by atoms with Crippen molar-refractivity contribution < 1.29 is 8.42 Å². The van der Waals surface area contributed by atoms with Crippen LogP contribution in [0, 0.1) is 0 Å². The maximum Gasteiger partial charge on any atom is 0.240 e. The second-order valence-corrected chi connectivity index (χ2v) is 6.71. The van der Waals surface area contributed by atoms with Gasteiger partial charge < -0.3 is 5.73 Å². The molecule has 0 saturated carbocycles. The van der Waals surface area contributed by atoms with Crippen molar-refractivity contribution in [3.63, 3.8) is 0 Å². The van der Waals surface area contributed by atoms with E-state index in [9.17, 15) is 8.42 Å². The molecule has 1 aromatic carbocycles. The molecule has 0 heterocycles. The number of hydrogen-bond acceptors (Lipinski definition) is 3. The van der Waals surface area contributed by atoms with E-state index in [0.717, 1.165) is 19.3 Å². The molecule has 0 aliphatic heterocycles. The summed E-state index contributed by atoms with van der Waals surface area (Å²) in [5, 5.41) is 0. The number of sulfonamides is 1. The van der Waals surface area contributed by atoms with Gasteiger partial charge in [-0.05, 0) is 25.5 Å². The quantitative estimate of drug-likeness (QED) is 0.757. The van der Waals surface area contributed by atoms with Gasteiger partial charge in [-0.15, -0.1) is 0 Å². The summed E-state index contributed by atoms with van der Waals surface area (Å²) in [4.78, 5) is 0.386. The summed E-state index contributed by atoms with van der Waals surface area (Å²) in [5.41, 5.74) is 6.06. The number of benzene rings is 1. The third kappa shape index (κ3) is 4.89. The molecule has 0 aliphatic rings. The van der Waals surface area contributed by atoms with Crippen LogP contribution in [0.2, 0.25) is 0 Å². The molecule has 4 nitrogen and oxygen atoms in total. The van der Waals surface area contributed by atoms with Crippen LogP contribution in [0.1, 0.15) is 38.7 Å². The average molecular weight is 300 g/mol. The Labute approximate surface area is 120 Å². The van der Waals surface area contributed by atoms with E-state index in [1.807, 2.05) is 6.92 Å². The van der Waals surface area contributed by atoms with Crippen LogP contribution < -0.4 is 10.5 Å². The van der Waals surface area contributed by atoms with Crippen LogP contribution in [0.3, 0.4) is 0 Å². The Hall–Kier alpha value is -0.980. The Kier molecular flexibility index (Phi) is 5.90. The number of nitrogens with two attached hydrogens (primary N) is 1. The van der Waals surface area contributed by atoms with Crippen molar-refractivity contribution in [1.82, 2.24) is 4.72 Å². The fourth-order valence-electron chi connectivity index (χ4n) is 1.72. The SMILES string of the molecule is CCCCC(C)NS(=O)(=O)c1cccc(C(N)=S)c1. The predicted octanol–water partition coefficient (Wildman–Crippen LogP) is 2.18. The van der Waals surface area contributed by atoms with Gasteiger partial charge in [0.2, 0.25) is 10.0 Å². The standard InChI is InChI=1S/C13H20N2O2S2/c1-3-4-6-10(2)15-19(16,17)12-8-5-7-11(9-12)13(14)18/h5,7-10,15H,3-4,6H2,1-2H3,(H2,14,18). The highest BCUT2D eigenvalue weighted by Crippen LogP contribution is 2.13. The van der Waals surface area contributed by atoms with Gasteiger partial charge in [-0.25, -0.2) is 13.1 Å². The molecule has 1 atom stereocenters. The summed E-state index contributed by atoms with van der Waals surface area (Å²) in [6.07, 6.45) is 2.87. The molecule has 0 saturated heterocycles. The van der Waals surface area contributed by atoms with Gasteiger partial charge in [-0.1, -0.05) is 44.1 Å². The maximum atomic E-state index is 12.2. The molecule has 0 amide bonds. The zero-order chi connectivity index (χ0) is 14.5. The fraction of sp³-hybridized carbons (Fsp3) is 0.462. The molecule has 0 spiro atoms. The molecule has 19 heavy (non-hydrogen) atoms. The summed E-state index contributed by atoms with van der Waals surface area (Å²) in [6.45, 7) is 3.94. The first-order valence-corrected chi connectivity index (χ1v) is 8.18. The van der Waals surface area contributed by atoms with Crippen molar-refractivity contribution in [3.8, 4) is 0 Å². The second-order valence-electron chi connectivity index (χ2n) is 4.56. The minimum absolute atomic E-state index is 0.0848. The Morgan fingerprint density at radius 3 is 2.74 bits per heavy atom. The zero-order valence-corrected chi connectivity index (χ0v) is 12.9. The summed E-state index contributed by atoms with van der Waals surface area (Å²) in [5.74, 6) is 0. The molecule has 1 aromatic rings. The topological polar surface area (TPSA) is 72.2 Å². The van der Waals surface area contributed by atoms with Crippen LogP contribution in [-0.2, 0) is 10.0 Å². The van der Waals surface area contributed by atoms with E-state index in [1.54, 1.807) is 12.1 Å². The number of hydrogen-bond donors (Lipinski definition) is 2. The Morgan fingerprint density at radius 1 is 1.47 bits per heavy atom. The fourth-order valence-corrected chi connectivity index (χ4v) is 3.17. The Morgan fingerprint density at radius 2 is 2.16 bits per heavy atom. The van der Waals surface area contributed by atoms with E-state index >= 15 is 0 Å². The number of thiocarbonyl (C=S) groups is 1. The highest BCUT2D eigenvalue weighted by atomic mass is 32.2. The third-order valence-corrected chi connectivity index (χ3v) is 4.60. The molecule has 106 valence electrons. The Bertz CT molecular complexity index is 541. The summed E-state index contributed by atoms with van der Waals surface area (Å²) >= 11 is 4.85. The van der Waals surface area contributed by atoms with Gasteiger partial charge >= 0.3 is 0 Å². The second kappa shape index (κ2) is 6.98. The molecule has 3 N–H and O–H groups in total. The molecule has 0 fully saturated rings. The van der Waals surface area contributed by atoms with Gasteiger partial charge in [0, 0.05) is 11.6 Å². The lowest BCUT2D eigenvalue weighted by Crippen LogP contribution is -2.32.